The van der Waals surface area contributed by atoms with Crippen molar-refractivity contribution in [1.82, 2.24) is 14.9 Å². The van der Waals surface area contributed by atoms with E-state index >= 15 is 0 Å². The number of benzene rings is 3. The van der Waals surface area contributed by atoms with Gasteiger partial charge in [-0.05, 0) is 57.0 Å². The fourth-order valence-corrected chi connectivity index (χ4v) is 6.42. The van der Waals surface area contributed by atoms with Gasteiger partial charge in [-0.25, -0.2) is 13.1 Å². The molecule has 0 saturated carbocycles. The molecule has 1 aliphatic rings. The molecule has 1 fully saturated rings. The van der Waals surface area contributed by atoms with Crippen LogP contribution in [0.4, 0.5) is 5.69 Å². The summed E-state index contributed by atoms with van der Waals surface area (Å²) < 4.78 is 30.0. The van der Waals surface area contributed by atoms with Crippen molar-refractivity contribution in [2.75, 3.05) is 25.5 Å². The van der Waals surface area contributed by atoms with Gasteiger partial charge in [0, 0.05) is 41.2 Å². The first-order valence-corrected chi connectivity index (χ1v) is 14.0. The lowest BCUT2D eigenvalue weighted by atomic mass is 9.94. The largest absolute Gasteiger partial charge is 0.341 e. The Morgan fingerprint density at radius 3 is 2.41 bits per heavy atom. The summed E-state index contributed by atoms with van der Waals surface area (Å²) >= 11 is 0. The number of rotatable bonds is 7. The molecule has 0 unspecified atom stereocenters. The zero-order valence-corrected chi connectivity index (χ0v) is 22.4. The molecule has 9 heteroatoms. The molecule has 37 heavy (non-hydrogen) atoms. The lowest BCUT2D eigenvalue weighted by Gasteiger charge is -2.38. The number of hydrogen-bond acceptors (Lipinski definition) is 5. The number of amides is 2. The Kier molecular flexibility index (Phi) is 7.96. The highest BCUT2D eigenvalue weighted by Gasteiger charge is 2.33. The monoisotopic (exact) mass is 522 g/mol. The number of nitrogens with zero attached hydrogens (tertiary/aromatic N) is 1. The predicted molar refractivity (Wildman–Crippen MR) is 146 cm³/mol. The Labute approximate surface area is 218 Å². The van der Waals surface area contributed by atoms with Crippen LogP contribution >= 0.6 is 0 Å². The first-order valence-electron chi connectivity index (χ1n) is 12.5. The van der Waals surface area contributed by atoms with Gasteiger partial charge in [0.25, 0.3) is 5.91 Å². The fraction of sp³-hybridized carbons (Fsp3) is 0.357. The summed E-state index contributed by atoms with van der Waals surface area (Å²) in [5, 5.41) is 7.07. The van der Waals surface area contributed by atoms with Gasteiger partial charge in [0.1, 0.15) is 0 Å². The van der Waals surface area contributed by atoms with Gasteiger partial charge in [0.15, 0.2) is 0 Å². The SMILES string of the molecule is CN[C@@H](C)C(=O)N1CC[C@H](NS(=O)(=O)c2cccc3c(NC(=O)c4ccccc4C)cccc23)[C@H](C)C1. The van der Waals surface area contributed by atoms with E-state index in [1.807, 2.05) is 39.0 Å². The van der Waals surface area contributed by atoms with E-state index in [2.05, 4.69) is 15.4 Å². The van der Waals surface area contributed by atoms with Gasteiger partial charge >= 0.3 is 0 Å². The topological polar surface area (TPSA) is 108 Å². The fourth-order valence-electron chi connectivity index (χ4n) is 4.82. The molecular weight excluding hydrogens is 488 g/mol. The van der Waals surface area contributed by atoms with Crippen LogP contribution < -0.4 is 15.4 Å². The summed E-state index contributed by atoms with van der Waals surface area (Å²) in [5.41, 5.74) is 1.96. The van der Waals surface area contributed by atoms with E-state index in [0.717, 1.165) is 5.56 Å². The van der Waals surface area contributed by atoms with Crippen LogP contribution in [0.1, 0.15) is 36.2 Å². The average Bonchev–Trinajstić information content (AvgIpc) is 2.88. The van der Waals surface area contributed by atoms with Crippen molar-refractivity contribution >= 4 is 38.3 Å². The molecule has 8 nitrogen and oxygen atoms in total. The number of hydrogen-bond donors (Lipinski definition) is 3. The molecule has 4 rings (SSSR count). The van der Waals surface area contributed by atoms with Crippen molar-refractivity contribution in [3.8, 4) is 0 Å². The van der Waals surface area contributed by atoms with Gasteiger partial charge in [0.05, 0.1) is 10.9 Å². The molecule has 0 bridgehead atoms. The molecule has 3 aromatic carbocycles. The maximum absolute atomic E-state index is 13.5. The van der Waals surface area contributed by atoms with Crippen LogP contribution in [-0.4, -0.2) is 57.4 Å². The third-order valence-corrected chi connectivity index (χ3v) is 8.68. The molecular formula is C28H34N4O4S. The highest BCUT2D eigenvalue weighted by Crippen LogP contribution is 2.30. The first-order chi connectivity index (χ1) is 17.6. The lowest BCUT2D eigenvalue weighted by molar-refractivity contribution is -0.134. The van der Waals surface area contributed by atoms with E-state index in [1.165, 1.54) is 0 Å². The first kappa shape index (κ1) is 26.8. The van der Waals surface area contributed by atoms with E-state index in [9.17, 15) is 18.0 Å². The molecule has 3 atom stereocenters. The molecule has 3 N–H and O–H groups in total. The van der Waals surface area contributed by atoms with Crippen LogP contribution in [0.25, 0.3) is 10.8 Å². The molecule has 196 valence electrons. The number of nitrogens with one attached hydrogen (secondary N) is 3. The standard InChI is InChI=1S/C28H34N4O4S/c1-18-9-5-6-10-21(18)27(33)30-25-13-7-12-23-22(25)11-8-14-26(23)37(35,36)31-24-15-16-32(17-19(24)2)28(34)20(3)29-4/h5-14,19-20,24,29,31H,15-17H2,1-4H3,(H,30,33)/t19-,20+,24+/m1/s1. The Bertz CT molecular complexity index is 1420. The predicted octanol–water partition coefficient (Wildman–Crippen LogP) is 3.52. The average molecular weight is 523 g/mol. The third kappa shape index (κ3) is 5.69. The van der Waals surface area contributed by atoms with Crippen LogP contribution in [0, 0.1) is 12.8 Å². The Morgan fingerprint density at radius 1 is 1.00 bits per heavy atom. The summed E-state index contributed by atoms with van der Waals surface area (Å²) in [6.45, 7) is 6.63. The molecule has 3 aromatic rings. The summed E-state index contributed by atoms with van der Waals surface area (Å²) in [4.78, 5) is 27.4. The number of fused-ring (bicyclic) bond motifs is 1. The van der Waals surface area contributed by atoms with Crippen LogP contribution in [-0.2, 0) is 14.8 Å². The number of carbonyl (C=O) groups is 2. The van der Waals surface area contributed by atoms with E-state index in [4.69, 9.17) is 0 Å². The molecule has 1 aliphatic heterocycles. The number of aryl methyl sites for hydroxylation is 1. The molecule has 0 radical (unpaired) electrons. The molecule has 0 aromatic heterocycles. The minimum atomic E-state index is -3.86. The van der Waals surface area contributed by atoms with Crippen molar-refractivity contribution in [2.24, 2.45) is 5.92 Å². The Balaban J connectivity index is 1.56. The maximum Gasteiger partial charge on any atom is 0.255 e. The van der Waals surface area contributed by atoms with E-state index < -0.39 is 10.0 Å². The number of carbonyl (C=O) groups excluding carboxylic acids is 2. The van der Waals surface area contributed by atoms with Crippen molar-refractivity contribution in [1.29, 1.82) is 0 Å². The van der Waals surface area contributed by atoms with Gasteiger partial charge in [-0.15, -0.1) is 0 Å². The van der Waals surface area contributed by atoms with Gasteiger partial charge < -0.3 is 15.5 Å². The minimum Gasteiger partial charge on any atom is -0.341 e. The number of sulfonamides is 1. The second-order valence-electron chi connectivity index (χ2n) is 9.71. The van der Waals surface area contributed by atoms with Crippen LogP contribution in [0.5, 0.6) is 0 Å². The molecule has 2 amide bonds. The Hall–Kier alpha value is -3.27. The lowest BCUT2D eigenvalue weighted by Crippen LogP contribution is -2.54. The zero-order valence-electron chi connectivity index (χ0n) is 21.6. The van der Waals surface area contributed by atoms with Gasteiger partial charge in [0.2, 0.25) is 15.9 Å². The number of likely N-dealkylation sites (N-methyl/N-ethyl adjacent to an activating group) is 1. The van der Waals surface area contributed by atoms with Crippen LogP contribution in [0.15, 0.2) is 65.6 Å². The quantitative estimate of drug-likeness (QED) is 0.440. The van der Waals surface area contributed by atoms with Crippen molar-refractivity contribution < 1.29 is 18.0 Å². The summed E-state index contributed by atoms with van der Waals surface area (Å²) in [7, 11) is -2.11. The maximum atomic E-state index is 13.5. The van der Waals surface area contributed by atoms with Gasteiger partial charge in [-0.2, -0.15) is 0 Å². The second kappa shape index (κ2) is 11.0. The minimum absolute atomic E-state index is 0.0185. The van der Waals surface area contributed by atoms with E-state index in [1.54, 1.807) is 54.4 Å². The van der Waals surface area contributed by atoms with Gasteiger partial charge in [-0.1, -0.05) is 49.4 Å². The molecule has 0 aliphatic carbocycles. The van der Waals surface area contributed by atoms with Crippen LogP contribution in [0.3, 0.4) is 0 Å². The highest BCUT2D eigenvalue weighted by atomic mass is 32.2. The highest BCUT2D eigenvalue weighted by molar-refractivity contribution is 7.89. The molecule has 1 heterocycles. The summed E-state index contributed by atoms with van der Waals surface area (Å²) in [5.74, 6) is -0.278. The van der Waals surface area contributed by atoms with E-state index in [-0.39, 0.29) is 34.7 Å². The molecule has 1 saturated heterocycles. The van der Waals surface area contributed by atoms with Crippen molar-refractivity contribution in [3.63, 3.8) is 0 Å². The second-order valence-corrected chi connectivity index (χ2v) is 11.4. The van der Waals surface area contributed by atoms with E-state index in [0.29, 0.717) is 41.5 Å². The van der Waals surface area contributed by atoms with Crippen molar-refractivity contribution in [2.45, 2.75) is 44.2 Å². The molecule has 0 spiro atoms. The normalized spacial score (nSPS) is 19.0. The number of piperidine rings is 1. The van der Waals surface area contributed by atoms with Gasteiger partial charge in [-0.3, -0.25) is 9.59 Å². The summed E-state index contributed by atoms with van der Waals surface area (Å²) in [6, 6.07) is 17.1. The number of likely N-dealkylation sites (tertiary alicyclic amines) is 1. The smallest absolute Gasteiger partial charge is 0.255 e. The zero-order chi connectivity index (χ0) is 26.7. The van der Waals surface area contributed by atoms with Crippen molar-refractivity contribution in [3.05, 3.63) is 71.8 Å². The Morgan fingerprint density at radius 2 is 1.70 bits per heavy atom. The third-order valence-electron chi connectivity index (χ3n) is 7.14. The van der Waals surface area contributed by atoms with Crippen LogP contribution in [0.2, 0.25) is 0 Å². The summed E-state index contributed by atoms with van der Waals surface area (Å²) in [6.07, 6.45) is 0.533. The number of anilines is 1.